The minimum atomic E-state index is 0.0615. The van der Waals surface area contributed by atoms with Crippen molar-refractivity contribution in [1.82, 2.24) is 0 Å². The van der Waals surface area contributed by atoms with Crippen molar-refractivity contribution in [2.45, 2.75) is 29.2 Å². The Morgan fingerprint density at radius 1 is 1.11 bits per heavy atom. The summed E-state index contributed by atoms with van der Waals surface area (Å²) in [4.78, 5) is 2.22. The van der Waals surface area contributed by atoms with Crippen LogP contribution in [0.15, 0.2) is 52.3 Å². The van der Waals surface area contributed by atoms with Gasteiger partial charge in [-0.15, -0.1) is 0 Å². The first kappa shape index (κ1) is 14.7. The first-order valence-corrected chi connectivity index (χ1v) is 7.66. The van der Waals surface area contributed by atoms with Crippen LogP contribution in [0.25, 0.3) is 0 Å². The summed E-state index contributed by atoms with van der Waals surface area (Å²) in [5.74, 6) is 0. The van der Waals surface area contributed by atoms with E-state index in [-0.39, 0.29) is 6.04 Å². The van der Waals surface area contributed by atoms with Gasteiger partial charge in [0.05, 0.1) is 10.0 Å². The molecule has 0 unspecified atom stereocenters. The van der Waals surface area contributed by atoms with Gasteiger partial charge in [-0.2, -0.15) is 0 Å². The zero-order valence-electron chi connectivity index (χ0n) is 10.6. The smallest absolute Gasteiger partial charge is 0.0603 e. The fourth-order valence-electron chi connectivity index (χ4n) is 1.77. The van der Waals surface area contributed by atoms with Crippen molar-refractivity contribution in [2.24, 2.45) is 5.73 Å². The Hall–Kier alpha value is -0.670. The summed E-state index contributed by atoms with van der Waals surface area (Å²) < 4.78 is 0. The van der Waals surface area contributed by atoms with E-state index in [1.165, 1.54) is 5.56 Å². The van der Waals surface area contributed by atoms with Crippen LogP contribution in [0.1, 0.15) is 24.9 Å². The number of nitrogens with two attached hydrogens (primary N) is 1. The fraction of sp³-hybridized carbons (Fsp3) is 0.200. The highest BCUT2D eigenvalue weighted by Crippen LogP contribution is 2.36. The van der Waals surface area contributed by atoms with E-state index in [0.717, 1.165) is 16.2 Å². The first-order chi connectivity index (χ1) is 9.11. The monoisotopic (exact) mass is 311 g/mol. The molecule has 0 aliphatic carbocycles. The van der Waals surface area contributed by atoms with Gasteiger partial charge in [-0.05, 0) is 36.2 Å². The highest BCUT2D eigenvalue weighted by atomic mass is 35.5. The van der Waals surface area contributed by atoms with Crippen LogP contribution in [0.5, 0.6) is 0 Å². The topological polar surface area (TPSA) is 26.0 Å². The highest BCUT2D eigenvalue weighted by molar-refractivity contribution is 7.99. The van der Waals surface area contributed by atoms with Crippen molar-refractivity contribution in [3.63, 3.8) is 0 Å². The molecule has 0 aromatic heterocycles. The average Bonchev–Trinajstić information content (AvgIpc) is 2.43. The van der Waals surface area contributed by atoms with Crippen molar-refractivity contribution in [1.29, 1.82) is 0 Å². The molecule has 2 rings (SSSR count). The Bertz CT molecular complexity index is 572. The predicted octanol–water partition coefficient (Wildman–Crippen LogP) is 5.55. The van der Waals surface area contributed by atoms with Gasteiger partial charge in [0.2, 0.25) is 0 Å². The van der Waals surface area contributed by atoms with Gasteiger partial charge in [-0.25, -0.2) is 0 Å². The lowest BCUT2D eigenvalue weighted by molar-refractivity contribution is 0.685. The Labute approximate surface area is 128 Å². The summed E-state index contributed by atoms with van der Waals surface area (Å²) >= 11 is 13.6. The number of rotatable bonds is 4. The van der Waals surface area contributed by atoms with Crippen LogP contribution in [-0.2, 0) is 0 Å². The van der Waals surface area contributed by atoms with Crippen LogP contribution in [0.4, 0.5) is 0 Å². The molecule has 0 saturated carbocycles. The van der Waals surface area contributed by atoms with Crippen molar-refractivity contribution in [3.8, 4) is 0 Å². The molecule has 0 saturated heterocycles. The van der Waals surface area contributed by atoms with Crippen molar-refractivity contribution in [2.75, 3.05) is 0 Å². The van der Waals surface area contributed by atoms with E-state index in [0.29, 0.717) is 10.0 Å². The molecular formula is C15H15Cl2NS. The van der Waals surface area contributed by atoms with E-state index < -0.39 is 0 Å². The molecule has 0 amide bonds. The van der Waals surface area contributed by atoms with E-state index in [2.05, 4.69) is 19.1 Å². The van der Waals surface area contributed by atoms with Gasteiger partial charge in [-0.3, -0.25) is 0 Å². The Morgan fingerprint density at radius 2 is 1.84 bits per heavy atom. The maximum absolute atomic E-state index is 6.14. The van der Waals surface area contributed by atoms with Crippen molar-refractivity contribution in [3.05, 3.63) is 58.1 Å². The van der Waals surface area contributed by atoms with Crippen LogP contribution in [0.3, 0.4) is 0 Å². The fourth-order valence-corrected chi connectivity index (χ4v) is 3.18. The second-order valence-electron chi connectivity index (χ2n) is 4.23. The van der Waals surface area contributed by atoms with E-state index in [1.54, 1.807) is 11.8 Å². The summed E-state index contributed by atoms with van der Waals surface area (Å²) in [6, 6.07) is 13.9. The third kappa shape index (κ3) is 3.67. The summed E-state index contributed by atoms with van der Waals surface area (Å²) in [5, 5.41) is 1.15. The molecule has 0 radical (unpaired) electrons. The lowest BCUT2D eigenvalue weighted by atomic mass is 10.1. The van der Waals surface area contributed by atoms with Crippen LogP contribution >= 0.6 is 35.0 Å². The summed E-state index contributed by atoms with van der Waals surface area (Å²) in [6.45, 7) is 2.09. The molecule has 2 aromatic rings. The van der Waals surface area contributed by atoms with Gasteiger partial charge < -0.3 is 5.73 Å². The summed E-state index contributed by atoms with van der Waals surface area (Å²) in [6.07, 6.45) is 0.916. The molecular weight excluding hydrogens is 297 g/mol. The second kappa shape index (κ2) is 6.67. The molecule has 100 valence electrons. The largest absolute Gasteiger partial charge is 0.324 e. The van der Waals surface area contributed by atoms with Crippen molar-refractivity contribution >= 4 is 35.0 Å². The van der Waals surface area contributed by atoms with Gasteiger partial charge in [0, 0.05) is 15.8 Å². The molecule has 2 N–H and O–H groups in total. The molecule has 0 aliphatic rings. The minimum absolute atomic E-state index is 0.0615. The summed E-state index contributed by atoms with van der Waals surface area (Å²) in [5.41, 5.74) is 7.31. The normalized spacial score (nSPS) is 12.4. The van der Waals surface area contributed by atoms with E-state index in [9.17, 15) is 0 Å². The summed E-state index contributed by atoms with van der Waals surface area (Å²) in [7, 11) is 0. The standard InChI is InChI=1S/C15H15Cl2NS/c1-2-14(18)11-5-3-4-6-15(11)19-10-7-8-12(16)13(17)9-10/h3-9,14H,2,18H2,1H3/t14-/m0/s1. The van der Waals surface area contributed by atoms with Crippen LogP contribution in [-0.4, -0.2) is 0 Å². The Morgan fingerprint density at radius 3 is 2.53 bits per heavy atom. The van der Waals surface area contributed by atoms with E-state index in [1.807, 2.05) is 30.3 Å². The predicted molar refractivity (Wildman–Crippen MR) is 84.2 cm³/mol. The Balaban J connectivity index is 2.30. The van der Waals surface area contributed by atoms with E-state index in [4.69, 9.17) is 28.9 Å². The molecule has 0 aliphatic heterocycles. The molecule has 1 nitrogen and oxygen atoms in total. The SMILES string of the molecule is CC[C@H](N)c1ccccc1Sc1ccc(Cl)c(Cl)c1. The molecule has 0 fully saturated rings. The third-order valence-corrected chi connectivity index (χ3v) is 4.70. The molecule has 4 heteroatoms. The first-order valence-electron chi connectivity index (χ1n) is 6.09. The zero-order chi connectivity index (χ0) is 13.8. The van der Waals surface area contributed by atoms with Gasteiger partial charge in [-0.1, -0.05) is 60.1 Å². The van der Waals surface area contributed by atoms with Crippen LogP contribution in [0, 0.1) is 0 Å². The minimum Gasteiger partial charge on any atom is -0.324 e. The number of hydrogen-bond acceptors (Lipinski definition) is 2. The second-order valence-corrected chi connectivity index (χ2v) is 6.16. The van der Waals surface area contributed by atoms with Gasteiger partial charge in [0.1, 0.15) is 0 Å². The van der Waals surface area contributed by atoms with Crippen LogP contribution < -0.4 is 5.73 Å². The average molecular weight is 312 g/mol. The molecule has 2 aromatic carbocycles. The van der Waals surface area contributed by atoms with Crippen molar-refractivity contribution < 1.29 is 0 Å². The number of halogens is 2. The number of hydrogen-bond donors (Lipinski definition) is 1. The van der Waals surface area contributed by atoms with Gasteiger partial charge in [0.25, 0.3) is 0 Å². The third-order valence-electron chi connectivity index (χ3n) is 2.88. The molecule has 0 heterocycles. The Kier molecular flexibility index (Phi) is 5.17. The van der Waals surface area contributed by atoms with Gasteiger partial charge in [0.15, 0.2) is 0 Å². The molecule has 0 bridgehead atoms. The van der Waals surface area contributed by atoms with E-state index >= 15 is 0 Å². The zero-order valence-corrected chi connectivity index (χ0v) is 12.9. The maximum atomic E-state index is 6.14. The lowest BCUT2D eigenvalue weighted by Gasteiger charge is -2.14. The molecule has 1 atom stereocenters. The molecule has 19 heavy (non-hydrogen) atoms. The van der Waals surface area contributed by atoms with Crippen LogP contribution in [0.2, 0.25) is 10.0 Å². The maximum Gasteiger partial charge on any atom is 0.0603 e. The quantitative estimate of drug-likeness (QED) is 0.800. The van der Waals surface area contributed by atoms with Gasteiger partial charge >= 0.3 is 0 Å². The lowest BCUT2D eigenvalue weighted by Crippen LogP contribution is -2.09. The highest BCUT2D eigenvalue weighted by Gasteiger charge is 2.10. The molecule has 0 spiro atoms. The number of benzene rings is 2.